The SMILES string of the molecule is COc1ccccc1N1CCN(CCNc2ccc(OF)c(OF)c2OF)CC1. The lowest BCUT2D eigenvalue weighted by Gasteiger charge is -2.36. The van der Waals surface area contributed by atoms with E-state index >= 15 is 0 Å². The average Bonchev–Trinajstić information content (AvgIpc) is 2.78. The molecule has 0 aromatic heterocycles. The zero-order valence-electron chi connectivity index (χ0n) is 15.9. The molecule has 0 aliphatic carbocycles. The zero-order chi connectivity index (χ0) is 20.6. The Bertz CT molecular complexity index is 804. The largest absolute Gasteiger partial charge is 0.495 e. The Balaban J connectivity index is 1.53. The van der Waals surface area contributed by atoms with Crippen LogP contribution in [0.15, 0.2) is 36.4 Å². The van der Waals surface area contributed by atoms with Crippen molar-refractivity contribution in [1.82, 2.24) is 4.90 Å². The first-order valence-electron chi connectivity index (χ1n) is 9.08. The van der Waals surface area contributed by atoms with Crippen molar-refractivity contribution in [2.75, 3.05) is 56.6 Å². The molecule has 2 aromatic carbocycles. The Labute approximate surface area is 166 Å². The van der Waals surface area contributed by atoms with Gasteiger partial charge in [-0.15, -0.1) is 0 Å². The molecular formula is C19H22F3N3O4. The van der Waals surface area contributed by atoms with Crippen LogP contribution in [-0.2, 0) is 0 Å². The molecule has 0 bridgehead atoms. The molecule has 158 valence electrons. The Kier molecular flexibility index (Phi) is 7.12. The lowest BCUT2D eigenvalue weighted by Crippen LogP contribution is -2.47. The molecule has 0 radical (unpaired) electrons. The first-order valence-corrected chi connectivity index (χ1v) is 9.08. The first-order chi connectivity index (χ1) is 14.2. The summed E-state index contributed by atoms with van der Waals surface area (Å²) in [5.41, 5.74) is 1.18. The fourth-order valence-corrected chi connectivity index (χ4v) is 3.35. The van der Waals surface area contributed by atoms with Crippen molar-refractivity contribution in [2.45, 2.75) is 0 Å². The summed E-state index contributed by atoms with van der Waals surface area (Å²) in [4.78, 5) is 15.0. The van der Waals surface area contributed by atoms with E-state index in [-0.39, 0.29) is 5.69 Å². The third-order valence-corrected chi connectivity index (χ3v) is 4.86. The summed E-state index contributed by atoms with van der Waals surface area (Å²) in [6.07, 6.45) is 0. The van der Waals surface area contributed by atoms with Gasteiger partial charge in [0.2, 0.25) is 11.5 Å². The molecule has 3 rings (SSSR count). The molecule has 0 atom stereocenters. The Morgan fingerprint density at radius 3 is 2.24 bits per heavy atom. The van der Waals surface area contributed by atoms with E-state index < -0.39 is 17.2 Å². The summed E-state index contributed by atoms with van der Waals surface area (Å²) in [6, 6.07) is 10.3. The van der Waals surface area contributed by atoms with Crippen LogP contribution in [0.5, 0.6) is 23.0 Å². The van der Waals surface area contributed by atoms with Crippen LogP contribution in [-0.4, -0.2) is 51.3 Å². The van der Waals surface area contributed by atoms with Crippen molar-refractivity contribution < 1.29 is 33.1 Å². The van der Waals surface area contributed by atoms with Gasteiger partial charge in [-0.3, -0.25) is 19.7 Å². The van der Waals surface area contributed by atoms with Crippen molar-refractivity contribution in [3.05, 3.63) is 36.4 Å². The van der Waals surface area contributed by atoms with E-state index in [4.69, 9.17) is 4.74 Å². The van der Waals surface area contributed by atoms with Crippen LogP contribution in [0.2, 0.25) is 0 Å². The van der Waals surface area contributed by atoms with E-state index in [9.17, 15) is 13.6 Å². The molecule has 1 aliphatic rings. The van der Waals surface area contributed by atoms with Gasteiger partial charge in [-0.1, -0.05) is 12.1 Å². The third kappa shape index (κ3) is 4.70. The predicted octanol–water partition coefficient (Wildman–Crippen LogP) is 3.72. The fourth-order valence-electron chi connectivity index (χ4n) is 3.35. The highest BCUT2D eigenvalue weighted by atomic mass is 19.3. The van der Waals surface area contributed by atoms with Gasteiger partial charge in [0.1, 0.15) is 5.75 Å². The second kappa shape index (κ2) is 9.97. The number of nitrogens with one attached hydrogen (secondary N) is 1. The number of piperazine rings is 1. The van der Waals surface area contributed by atoms with Gasteiger partial charge in [-0.2, -0.15) is 0 Å². The lowest BCUT2D eigenvalue weighted by molar-refractivity contribution is -0.0552. The number of methoxy groups -OCH3 is 1. The van der Waals surface area contributed by atoms with E-state index in [0.717, 1.165) is 43.7 Å². The smallest absolute Gasteiger partial charge is 0.266 e. The molecule has 1 saturated heterocycles. The molecule has 1 fully saturated rings. The number of rotatable bonds is 9. The molecule has 1 N–H and O–H groups in total. The summed E-state index contributed by atoms with van der Waals surface area (Å²) < 4.78 is 43.2. The maximum atomic E-state index is 12.8. The molecule has 1 aliphatic heterocycles. The molecule has 10 heteroatoms. The molecular weight excluding hydrogens is 391 g/mol. The second-order valence-electron chi connectivity index (χ2n) is 6.43. The van der Waals surface area contributed by atoms with E-state index in [1.54, 1.807) is 7.11 Å². The van der Waals surface area contributed by atoms with Crippen molar-refractivity contribution in [2.24, 2.45) is 0 Å². The molecule has 0 saturated carbocycles. The Morgan fingerprint density at radius 2 is 1.59 bits per heavy atom. The number of ether oxygens (including phenoxy) is 1. The standard InChI is InChI=1S/C19H22F3N3O4/c1-26-16-5-3-2-4-15(16)25-12-10-24(11-13-25)9-8-23-14-6-7-17(27-20)19(29-22)18(14)28-21/h2-7,23H,8-13H2,1H3. The van der Waals surface area contributed by atoms with Gasteiger partial charge in [0, 0.05) is 52.8 Å². The number of hydrogen-bond acceptors (Lipinski definition) is 7. The third-order valence-electron chi connectivity index (χ3n) is 4.86. The predicted molar refractivity (Wildman–Crippen MR) is 102 cm³/mol. The maximum Gasteiger partial charge on any atom is 0.266 e. The van der Waals surface area contributed by atoms with Crippen LogP contribution < -0.4 is 29.8 Å². The molecule has 0 spiro atoms. The minimum absolute atomic E-state index is 0.119. The summed E-state index contributed by atoms with van der Waals surface area (Å²) in [6.45, 7) is 4.44. The summed E-state index contributed by atoms with van der Waals surface area (Å²) in [7, 11) is 1.65. The van der Waals surface area contributed by atoms with E-state index in [0.29, 0.717) is 13.1 Å². The minimum atomic E-state index is -0.814. The van der Waals surface area contributed by atoms with Gasteiger partial charge in [0.05, 0.1) is 18.5 Å². The highest BCUT2D eigenvalue weighted by Crippen LogP contribution is 2.43. The molecule has 29 heavy (non-hydrogen) atoms. The highest BCUT2D eigenvalue weighted by Gasteiger charge is 2.22. The molecule has 0 unspecified atom stereocenters. The lowest BCUT2D eigenvalue weighted by atomic mass is 10.2. The molecule has 7 nitrogen and oxygen atoms in total. The van der Waals surface area contributed by atoms with Gasteiger partial charge < -0.3 is 15.0 Å². The number of benzene rings is 2. The van der Waals surface area contributed by atoms with Crippen LogP contribution in [0.3, 0.4) is 0 Å². The Morgan fingerprint density at radius 1 is 0.862 bits per heavy atom. The maximum absolute atomic E-state index is 12.8. The van der Waals surface area contributed by atoms with Crippen LogP contribution >= 0.6 is 0 Å². The van der Waals surface area contributed by atoms with Gasteiger partial charge in [-0.25, -0.2) is 0 Å². The van der Waals surface area contributed by atoms with Crippen LogP contribution in [0.4, 0.5) is 25.0 Å². The second-order valence-corrected chi connectivity index (χ2v) is 6.43. The quantitative estimate of drug-likeness (QED) is 0.673. The number of para-hydroxylation sites is 2. The van der Waals surface area contributed by atoms with Crippen molar-refractivity contribution in [3.63, 3.8) is 0 Å². The summed E-state index contributed by atoms with van der Waals surface area (Å²) in [5, 5.41) is 2.93. The van der Waals surface area contributed by atoms with Gasteiger partial charge in [0.15, 0.2) is 0 Å². The normalized spacial score (nSPS) is 14.4. The number of hydrogen-bond donors (Lipinski definition) is 1. The van der Waals surface area contributed by atoms with Crippen LogP contribution in [0.25, 0.3) is 0 Å². The van der Waals surface area contributed by atoms with E-state index in [1.165, 1.54) is 6.07 Å². The topological polar surface area (TPSA) is 55.4 Å². The average molecular weight is 413 g/mol. The van der Waals surface area contributed by atoms with Gasteiger partial charge in [0.25, 0.3) is 5.75 Å². The van der Waals surface area contributed by atoms with E-state index in [1.807, 2.05) is 24.3 Å². The van der Waals surface area contributed by atoms with Crippen molar-refractivity contribution in [3.8, 4) is 23.0 Å². The zero-order valence-corrected chi connectivity index (χ0v) is 15.9. The number of nitrogens with zero attached hydrogens (tertiary/aromatic N) is 2. The Hall–Kier alpha value is -3.01. The minimum Gasteiger partial charge on any atom is -0.495 e. The number of halogens is 3. The van der Waals surface area contributed by atoms with Gasteiger partial charge in [-0.05, 0) is 24.3 Å². The molecule has 1 heterocycles. The fraction of sp³-hybridized carbons (Fsp3) is 0.368. The summed E-state index contributed by atoms with van der Waals surface area (Å²) in [5.74, 6) is -1.22. The highest BCUT2D eigenvalue weighted by molar-refractivity contribution is 5.67. The van der Waals surface area contributed by atoms with Crippen molar-refractivity contribution in [1.29, 1.82) is 0 Å². The first kappa shape index (κ1) is 20.7. The van der Waals surface area contributed by atoms with Crippen LogP contribution in [0.1, 0.15) is 0 Å². The monoisotopic (exact) mass is 413 g/mol. The van der Waals surface area contributed by atoms with Crippen LogP contribution in [0, 0.1) is 0 Å². The van der Waals surface area contributed by atoms with Crippen molar-refractivity contribution >= 4 is 11.4 Å². The van der Waals surface area contributed by atoms with Gasteiger partial charge >= 0.3 is 0 Å². The molecule has 0 amide bonds. The number of anilines is 2. The summed E-state index contributed by atoms with van der Waals surface area (Å²) >= 11 is 0. The van der Waals surface area contributed by atoms with E-state index in [2.05, 4.69) is 29.9 Å². The molecule has 2 aromatic rings.